The molecular weight excluding hydrogens is 390 g/mol. The molecule has 2 N–H and O–H groups in total. The largest absolute Gasteiger partial charge is 0.346 e. The number of carbonyl (C=O) groups excluding carboxylic acids is 2. The van der Waals surface area contributed by atoms with Crippen LogP contribution in [-0.4, -0.2) is 51.3 Å². The van der Waals surface area contributed by atoms with E-state index in [0.717, 1.165) is 36.6 Å². The molecule has 1 saturated heterocycles. The molecule has 1 aromatic rings. The van der Waals surface area contributed by atoms with Gasteiger partial charge in [0, 0.05) is 13.1 Å². The first-order chi connectivity index (χ1) is 13.8. The van der Waals surface area contributed by atoms with Crippen molar-refractivity contribution in [3.63, 3.8) is 0 Å². The third-order valence-corrected chi connectivity index (χ3v) is 7.69. The van der Waals surface area contributed by atoms with Crippen molar-refractivity contribution < 1.29 is 18.0 Å². The first kappa shape index (κ1) is 21.8. The molecule has 8 heteroatoms. The number of hydrogen-bond donors (Lipinski definition) is 2. The highest BCUT2D eigenvalue weighted by Gasteiger charge is 2.32. The van der Waals surface area contributed by atoms with E-state index in [4.69, 9.17) is 0 Å². The van der Waals surface area contributed by atoms with Crippen molar-refractivity contribution in [2.24, 2.45) is 11.8 Å². The minimum absolute atomic E-state index is 0.0956. The van der Waals surface area contributed by atoms with Gasteiger partial charge in [0.2, 0.25) is 21.8 Å². The highest BCUT2D eigenvalue weighted by Crippen LogP contribution is 2.35. The molecule has 3 rings (SSSR count). The van der Waals surface area contributed by atoms with E-state index in [9.17, 15) is 18.0 Å². The summed E-state index contributed by atoms with van der Waals surface area (Å²) in [4.78, 5) is 26.5. The molecule has 2 fully saturated rings. The Bertz CT molecular complexity index is 869. The molecule has 0 aromatic heterocycles. The van der Waals surface area contributed by atoms with Gasteiger partial charge in [0.15, 0.2) is 0 Å². The van der Waals surface area contributed by atoms with Crippen LogP contribution in [0.25, 0.3) is 0 Å². The maximum atomic E-state index is 12.4. The van der Waals surface area contributed by atoms with E-state index >= 15 is 0 Å². The Kier molecular flexibility index (Phi) is 6.95. The fourth-order valence-electron chi connectivity index (χ4n) is 4.30. The maximum absolute atomic E-state index is 12.4. The van der Waals surface area contributed by atoms with E-state index in [-0.39, 0.29) is 17.3 Å². The second-order valence-electron chi connectivity index (χ2n) is 8.28. The fraction of sp³-hybridized carbons (Fsp3) is 0.619. The molecule has 160 valence electrons. The van der Waals surface area contributed by atoms with Gasteiger partial charge in [0.05, 0.1) is 18.0 Å². The van der Waals surface area contributed by atoms with Gasteiger partial charge < -0.3 is 10.2 Å². The van der Waals surface area contributed by atoms with Gasteiger partial charge >= 0.3 is 0 Å². The molecule has 0 radical (unpaired) electrons. The minimum atomic E-state index is -3.77. The van der Waals surface area contributed by atoms with Crippen LogP contribution in [0.15, 0.2) is 23.1 Å². The summed E-state index contributed by atoms with van der Waals surface area (Å²) in [5, 5.41) is 2.54. The number of nitrogens with zero attached hydrogens (tertiary/aromatic N) is 1. The Morgan fingerprint density at radius 3 is 2.48 bits per heavy atom. The minimum Gasteiger partial charge on any atom is -0.346 e. The number of piperidine rings is 1. The first-order valence-corrected chi connectivity index (χ1v) is 11.9. The maximum Gasteiger partial charge on any atom is 0.241 e. The summed E-state index contributed by atoms with van der Waals surface area (Å²) >= 11 is 0. The lowest BCUT2D eigenvalue weighted by atomic mass is 9.75. The van der Waals surface area contributed by atoms with Crippen molar-refractivity contribution >= 4 is 21.8 Å². The molecule has 7 nitrogen and oxygen atoms in total. The molecule has 2 atom stereocenters. The number of aryl methyl sites for hydroxylation is 2. The number of hydrogen-bond acceptors (Lipinski definition) is 4. The number of carbonyl (C=O) groups is 2. The quantitative estimate of drug-likeness (QED) is 0.731. The Labute approximate surface area is 173 Å². The number of nitrogens with one attached hydrogen (secondary N) is 2. The van der Waals surface area contributed by atoms with Crippen LogP contribution in [0.2, 0.25) is 0 Å². The molecule has 1 saturated carbocycles. The van der Waals surface area contributed by atoms with Gasteiger partial charge in [0.1, 0.15) is 0 Å². The van der Waals surface area contributed by atoms with E-state index in [0.29, 0.717) is 5.92 Å². The summed E-state index contributed by atoms with van der Waals surface area (Å²) in [5.41, 5.74) is 1.86. The van der Waals surface area contributed by atoms with Crippen LogP contribution in [0.5, 0.6) is 0 Å². The zero-order valence-corrected chi connectivity index (χ0v) is 18.1. The lowest BCUT2D eigenvalue weighted by Crippen LogP contribution is -2.49. The van der Waals surface area contributed by atoms with Crippen LogP contribution in [0.1, 0.15) is 43.2 Å². The Morgan fingerprint density at radius 1 is 1.03 bits per heavy atom. The molecule has 1 aromatic carbocycles. The first-order valence-electron chi connectivity index (χ1n) is 10.4. The van der Waals surface area contributed by atoms with E-state index in [1.54, 1.807) is 12.1 Å². The monoisotopic (exact) mass is 421 g/mol. The van der Waals surface area contributed by atoms with Crippen molar-refractivity contribution in [3.8, 4) is 0 Å². The second kappa shape index (κ2) is 9.26. The number of likely N-dealkylation sites (tertiary alicyclic amines) is 1. The smallest absolute Gasteiger partial charge is 0.241 e. The molecule has 29 heavy (non-hydrogen) atoms. The zero-order chi connectivity index (χ0) is 21.0. The van der Waals surface area contributed by atoms with Gasteiger partial charge in [-0.2, -0.15) is 0 Å². The van der Waals surface area contributed by atoms with Gasteiger partial charge in [-0.15, -0.1) is 0 Å². The Hall–Kier alpha value is -1.93. The molecular formula is C21H31N3O4S. The van der Waals surface area contributed by atoms with Gasteiger partial charge in [-0.3, -0.25) is 9.59 Å². The van der Waals surface area contributed by atoms with Gasteiger partial charge in [0.25, 0.3) is 0 Å². The number of fused-ring (bicyclic) bond motifs is 1. The molecule has 1 aliphatic heterocycles. The van der Waals surface area contributed by atoms with Crippen molar-refractivity contribution in [1.29, 1.82) is 0 Å². The average molecular weight is 422 g/mol. The molecule has 0 bridgehead atoms. The van der Waals surface area contributed by atoms with Crippen LogP contribution in [0, 0.1) is 25.7 Å². The topological polar surface area (TPSA) is 95.6 Å². The summed E-state index contributed by atoms with van der Waals surface area (Å²) in [7, 11) is -3.77. The van der Waals surface area contributed by atoms with Crippen molar-refractivity contribution in [2.45, 2.75) is 50.8 Å². The molecule has 2 amide bonds. The summed E-state index contributed by atoms with van der Waals surface area (Å²) < 4.78 is 27.0. The van der Waals surface area contributed by atoms with Crippen molar-refractivity contribution in [3.05, 3.63) is 29.3 Å². The third kappa shape index (κ3) is 5.57. The van der Waals surface area contributed by atoms with Crippen molar-refractivity contribution in [2.75, 3.05) is 26.2 Å². The van der Waals surface area contributed by atoms with Gasteiger partial charge in [-0.25, -0.2) is 13.1 Å². The number of sulfonamides is 1. The van der Waals surface area contributed by atoms with Gasteiger partial charge in [-0.05, 0) is 61.8 Å². The van der Waals surface area contributed by atoms with E-state index in [2.05, 4.69) is 10.0 Å². The predicted octanol–water partition coefficient (Wildman–Crippen LogP) is 1.74. The fourth-order valence-corrected chi connectivity index (χ4v) is 5.37. The van der Waals surface area contributed by atoms with Crippen LogP contribution >= 0.6 is 0 Å². The Morgan fingerprint density at radius 2 is 1.76 bits per heavy atom. The summed E-state index contributed by atoms with van der Waals surface area (Å²) in [6, 6.07) is 4.83. The zero-order valence-electron chi connectivity index (χ0n) is 17.2. The lowest BCUT2D eigenvalue weighted by Gasteiger charge is -2.41. The van der Waals surface area contributed by atoms with E-state index < -0.39 is 22.5 Å². The SMILES string of the molecule is Cc1ccc(S(=O)(=O)NCC(=O)NCC(=O)N2CC[C@@H]3CCCC[C@@H]3C2)cc1C. The average Bonchev–Trinajstić information content (AvgIpc) is 2.72. The van der Waals surface area contributed by atoms with Crippen LogP contribution < -0.4 is 10.0 Å². The summed E-state index contributed by atoms with van der Waals surface area (Å²) in [6.07, 6.45) is 6.02. The highest BCUT2D eigenvalue weighted by molar-refractivity contribution is 7.89. The lowest BCUT2D eigenvalue weighted by molar-refractivity contribution is -0.135. The second-order valence-corrected chi connectivity index (χ2v) is 10.0. The number of benzene rings is 1. The Balaban J connectivity index is 1.44. The van der Waals surface area contributed by atoms with Crippen LogP contribution in [0.4, 0.5) is 0 Å². The molecule has 2 aliphatic rings. The highest BCUT2D eigenvalue weighted by atomic mass is 32.2. The molecule has 0 spiro atoms. The van der Waals surface area contributed by atoms with E-state index in [1.165, 1.54) is 31.7 Å². The predicted molar refractivity (Wildman–Crippen MR) is 111 cm³/mol. The van der Waals surface area contributed by atoms with Crippen LogP contribution in [0.3, 0.4) is 0 Å². The van der Waals surface area contributed by atoms with Crippen molar-refractivity contribution in [1.82, 2.24) is 14.9 Å². The standard InChI is InChI=1S/C21H31N3O4S/c1-15-7-8-19(11-16(15)2)29(27,28)23-12-20(25)22-13-21(26)24-10-9-17-5-3-4-6-18(17)14-24/h7-8,11,17-18,23H,3-6,9-10,12-14H2,1-2H3,(H,22,25)/t17-,18+/m0/s1. The molecule has 1 heterocycles. The summed E-state index contributed by atoms with van der Waals surface area (Å²) in [6.45, 7) is 4.77. The van der Waals surface area contributed by atoms with E-state index in [1.807, 2.05) is 18.7 Å². The normalized spacial score (nSPS) is 22.1. The van der Waals surface area contributed by atoms with Crippen LogP contribution in [-0.2, 0) is 19.6 Å². The number of rotatable bonds is 6. The summed E-state index contributed by atoms with van der Waals surface area (Å²) in [5.74, 6) is 0.710. The number of amides is 2. The third-order valence-electron chi connectivity index (χ3n) is 6.29. The van der Waals surface area contributed by atoms with Gasteiger partial charge in [-0.1, -0.05) is 25.3 Å². The molecule has 0 unspecified atom stereocenters. The molecule has 1 aliphatic carbocycles.